The number of benzene rings is 1. The number of aryl methyl sites for hydroxylation is 1. The zero-order chi connectivity index (χ0) is 23.9. The molecule has 0 amide bonds. The van der Waals surface area contributed by atoms with E-state index in [0.29, 0.717) is 30.0 Å². The second-order valence-corrected chi connectivity index (χ2v) is 11.2. The molecule has 1 saturated carbocycles. The van der Waals surface area contributed by atoms with Gasteiger partial charge in [0.25, 0.3) is 0 Å². The number of hydrogen-bond donors (Lipinski definition) is 2. The standard InChI is InChI=1S/C22H29F3N4O2S/c1-13-17(12-27-20(26)28-13)14-5-10-18(22(23,24)25)19(11-14)32(30,31)29-16-8-6-15(7-9-16)21(2,3)4/h5,10-12,15-16,29H,6-9H2,1-4H3,(H2,26,27,28). The summed E-state index contributed by atoms with van der Waals surface area (Å²) in [7, 11) is -4.41. The van der Waals surface area contributed by atoms with Gasteiger partial charge in [-0.25, -0.2) is 23.1 Å². The SMILES string of the molecule is Cc1nc(N)ncc1-c1ccc(C(F)(F)F)c(S(=O)(=O)NC2CCC(C(C)(C)C)CC2)c1. The van der Waals surface area contributed by atoms with Crippen LogP contribution in [0.4, 0.5) is 19.1 Å². The Labute approximate surface area is 186 Å². The Bertz CT molecular complexity index is 1090. The molecule has 0 unspecified atom stereocenters. The molecule has 6 nitrogen and oxygen atoms in total. The zero-order valence-corrected chi connectivity index (χ0v) is 19.4. The number of alkyl halides is 3. The molecule has 0 spiro atoms. The lowest BCUT2D eigenvalue weighted by atomic mass is 9.71. The van der Waals surface area contributed by atoms with Crippen molar-refractivity contribution in [3.05, 3.63) is 35.7 Å². The van der Waals surface area contributed by atoms with E-state index in [9.17, 15) is 21.6 Å². The summed E-state index contributed by atoms with van der Waals surface area (Å²) in [6.07, 6.45) is -0.618. The predicted molar refractivity (Wildman–Crippen MR) is 117 cm³/mol. The summed E-state index contributed by atoms with van der Waals surface area (Å²) in [5.41, 5.74) is 5.58. The molecular formula is C22H29F3N4O2S. The molecule has 1 aromatic heterocycles. The van der Waals surface area contributed by atoms with Gasteiger partial charge in [0.1, 0.15) is 0 Å². The molecule has 1 aliphatic rings. The van der Waals surface area contributed by atoms with E-state index in [-0.39, 0.29) is 16.9 Å². The molecule has 3 N–H and O–H groups in total. The van der Waals surface area contributed by atoms with E-state index in [4.69, 9.17) is 5.73 Å². The van der Waals surface area contributed by atoms with Gasteiger partial charge < -0.3 is 5.73 Å². The van der Waals surface area contributed by atoms with Crippen LogP contribution in [-0.2, 0) is 16.2 Å². The second kappa shape index (κ2) is 8.62. The molecule has 2 aromatic rings. The second-order valence-electron chi connectivity index (χ2n) is 9.47. The van der Waals surface area contributed by atoms with Crippen molar-refractivity contribution in [2.45, 2.75) is 70.5 Å². The fourth-order valence-electron chi connectivity index (χ4n) is 4.28. The van der Waals surface area contributed by atoms with Crippen LogP contribution in [0.1, 0.15) is 57.7 Å². The van der Waals surface area contributed by atoms with Gasteiger partial charge in [-0.15, -0.1) is 0 Å². The zero-order valence-electron chi connectivity index (χ0n) is 18.6. The number of halogens is 3. The van der Waals surface area contributed by atoms with Gasteiger partial charge in [-0.1, -0.05) is 26.8 Å². The summed E-state index contributed by atoms with van der Waals surface area (Å²) in [5.74, 6) is 0.476. The first-order valence-electron chi connectivity index (χ1n) is 10.5. The first-order chi connectivity index (χ1) is 14.7. The van der Waals surface area contributed by atoms with E-state index in [2.05, 4.69) is 35.5 Å². The molecule has 0 atom stereocenters. The van der Waals surface area contributed by atoms with Gasteiger partial charge in [-0.2, -0.15) is 13.2 Å². The molecule has 1 aromatic carbocycles. The summed E-state index contributed by atoms with van der Waals surface area (Å²) in [6, 6.07) is 2.65. The monoisotopic (exact) mass is 470 g/mol. The van der Waals surface area contributed by atoms with Crippen LogP contribution in [0.3, 0.4) is 0 Å². The number of nitrogens with two attached hydrogens (primary N) is 1. The molecule has 0 bridgehead atoms. The highest BCUT2D eigenvalue weighted by atomic mass is 32.2. The van der Waals surface area contributed by atoms with Crippen LogP contribution in [-0.4, -0.2) is 24.4 Å². The van der Waals surface area contributed by atoms with E-state index in [1.807, 2.05) is 0 Å². The molecule has 0 aliphatic heterocycles. The fourth-order valence-corrected chi connectivity index (χ4v) is 5.83. The molecule has 1 heterocycles. The van der Waals surface area contributed by atoms with E-state index in [0.717, 1.165) is 25.0 Å². The van der Waals surface area contributed by atoms with Gasteiger partial charge in [0.05, 0.1) is 16.2 Å². The Balaban J connectivity index is 1.95. The highest BCUT2D eigenvalue weighted by molar-refractivity contribution is 7.89. The van der Waals surface area contributed by atoms with Gasteiger partial charge in [0, 0.05) is 17.8 Å². The summed E-state index contributed by atoms with van der Waals surface area (Å²) in [6.45, 7) is 8.07. The normalized spacial score (nSPS) is 20.3. The van der Waals surface area contributed by atoms with Crippen molar-refractivity contribution < 1.29 is 21.6 Å². The number of hydrogen-bond acceptors (Lipinski definition) is 5. The third-order valence-corrected chi connectivity index (χ3v) is 7.72. The fraction of sp³-hybridized carbons (Fsp3) is 0.545. The number of aromatic nitrogens is 2. The smallest absolute Gasteiger partial charge is 0.368 e. The summed E-state index contributed by atoms with van der Waals surface area (Å²) in [4.78, 5) is 7.10. The van der Waals surface area contributed by atoms with Crippen LogP contribution in [0.15, 0.2) is 29.3 Å². The van der Waals surface area contributed by atoms with Crippen LogP contribution in [0, 0.1) is 18.3 Å². The maximum atomic E-state index is 13.7. The highest BCUT2D eigenvalue weighted by Gasteiger charge is 2.39. The third kappa shape index (κ3) is 5.40. The quantitative estimate of drug-likeness (QED) is 0.660. The van der Waals surface area contributed by atoms with Crippen molar-refractivity contribution >= 4 is 16.0 Å². The maximum Gasteiger partial charge on any atom is 0.417 e. The number of anilines is 1. The lowest BCUT2D eigenvalue weighted by molar-refractivity contribution is -0.139. The summed E-state index contributed by atoms with van der Waals surface area (Å²) >= 11 is 0. The van der Waals surface area contributed by atoms with E-state index >= 15 is 0 Å². The average molecular weight is 471 g/mol. The van der Waals surface area contributed by atoms with Crippen LogP contribution in [0.25, 0.3) is 11.1 Å². The van der Waals surface area contributed by atoms with E-state index < -0.39 is 32.7 Å². The van der Waals surface area contributed by atoms with Gasteiger partial charge in [-0.3, -0.25) is 0 Å². The van der Waals surface area contributed by atoms with Crippen molar-refractivity contribution in [2.24, 2.45) is 11.3 Å². The number of nitrogens with zero attached hydrogens (tertiary/aromatic N) is 2. The van der Waals surface area contributed by atoms with E-state index in [1.165, 1.54) is 12.3 Å². The molecular weight excluding hydrogens is 441 g/mol. The summed E-state index contributed by atoms with van der Waals surface area (Å²) < 4.78 is 69.8. The molecule has 0 radical (unpaired) electrons. The lowest BCUT2D eigenvalue weighted by Gasteiger charge is -2.37. The topological polar surface area (TPSA) is 98.0 Å². The summed E-state index contributed by atoms with van der Waals surface area (Å²) in [5, 5.41) is 0. The number of sulfonamides is 1. The van der Waals surface area contributed by atoms with Gasteiger partial charge in [0.15, 0.2) is 0 Å². The van der Waals surface area contributed by atoms with Crippen molar-refractivity contribution in [3.8, 4) is 11.1 Å². The minimum absolute atomic E-state index is 0.0264. The molecule has 1 fully saturated rings. The largest absolute Gasteiger partial charge is 0.417 e. The van der Waals surface area contributed by atoms with Crippen molar-refractivity contribution in [2.75, 3.05) is 5.73 Å². The molecule has 176 valence electrons. The van der Waals surface area contributed by atoms with Crippen LogP contribution in [0.2, 0.25) is 0 Å². The van der Waals surface area contributed by atoms with Crippen LogP contribution < -0.4 is 10.5 Å². The van der Waals surface area contributed by atoms with Gasteiger partial charge >= 0.3 is 6.18 Å². The minimum Gasteiger partial charge on any atom is -0.368 e. The molecule has 1 aliphatic carbocycles. The average Bonchev–Trinajstić information content (AvgIpc) is 2.66. The minimum atomic E-state index is -4.82. The number of nitrogen functional groups attached to an aromatic ring is 1. The van der Waals surface area contributed by atoms with Crippen LogP contribution in [0.5, 0.6) is 0 Å². The lowest BCUT2D eigenvalue weighted by Crippen LogP contribution is -2.40. The van der Waals surface area contributed by atoms with E-state index in [1.54, 1.807) is 6.92 Å². The third-order valence-electron chi connectivity index (χ3n) is 6.16. The molecule has 10 heteroatoms. The Kier molecular flexibility index (Phi) is 6.59. The van der Waals surface area contributed by atoms with Crippen molar-refractivity contribution in [1.29, 1.82) is 0 Å². The highest BCUT2D eigenvalue weighted by Crippen LogP contribution is 2.40. The Morgan fingerprint density at radius 1 is 1.09 bits per heavy atom. The molecule has 3 rings (SSSR count). The van der Waals surface area contributed by atoms with Gasteiger partial charge in [-0.05, 0) is 61.6 Å². The first-order valence-corrected chi connectivity index (χ1v) is 12.0. The maximum absolute atomic E-state index is 13.7. The predicted octanol–water partition coefficient (Wildman–Crippen LogP) is 4.94. The van der Waals surface area contributed by atoms with Gasteiger partial charge in [0.2, 0.25) is 16.0 Å². The Hall–Kier alpha value is -2.20. The number of rotatable bonds is 4. The first kappa shape index (κ1) is 24.4. The van der Waals surface area contributed by atoms with Crippen molar-refractivity contribution in [3.63, 3.8) is 0 Å². The Morgan fingerprint density at radius 2 is 1.72 bits per heavy atom. The van der Waals surface area contributed by atoms with Crippen LogP contribution >= 0.6 is 0 Å². The van der Waals surface area contributed by atoms with Crippen molar-refractivity contribution in [1.82, 2.24) is 14.7 Å². The molecule has 32 heavy (non-hydrogen) atoms. The number of nitrogens with one attached hydrogen (secondary N) is 1. The Morgan fingerprint density at radius 3 is 2.25 bits per heavy atom. The molecule has 0 saturated heterocycles.